The van der Waals surface area contributed by atoms with E-state index in [-0.39, 0.29) is 0 Å². The van der Waals surface area contributed by atoms with Crippen molar-refractivity contribution in [2.75, 3.05) is 39.8 Å². The van der Waals surface area contributed by atoms with Crippen LogP contribution in [-0.2, 0) is 0 Å². The zero-order chi connectivity index (χ0) is 12.1. The number of rotatable bonds is 3. The van der Waals surface area contributed by atoms with Crippen LogP contribution in [0, 0.1) is 0 Å². The third kappa shape index (κ3) is 3.94. The second-order valence-electron chi connectivity index (χ2n) is 5.82. The quantitative estimate of drug-likeness (QED) is 0.806. The summed E-state index contributed by atoms with van der Waals surface area (Å²) < 4.78 is 0. The van der Waals surface area contributed by atoms with Crippen molar-refractivity contribution in [1.29, 1.82) is 0 Å². The topological polar surface area (TPSA) is 18.5 Å². The van der Waals surface area contributed by atoms with E-state index >= 15 is 0 Å². The Kier molecular flexibility index (Phi) is 5.26. The minimum atomic E-state index is 0.751. The third-order valence-corrected chi connectivity index (χ3v) is 4.36. The van der Waals surface area contributed by atoms with Crippen LogP contribution in [0.15, 0.2) is 0 Å². The highest BCUT2D eigenvalue weighted by Gasteiger charge is 2.24. The van der Waals surface area contributed by atoms with Crippen molar-refractivity contribution in [2.24, 2.45) is 0 Å². The van der Waals surface area contributed by atoms with Gasteiger partial charge in [0.15, 0.2) is 0 Å². The summed E-state index contributed by atoms with van der Waals surface area (Å²) in [5.41, 5.74) is 0. The first-order valence-corrected chi connectivity index (χ1v) is 7.45. The van der Waals surface area contributed by atoms with Gasteiger partial charge in [0.25, 0.3) is 0 Å². The minimum Gasteiger partial charge on any atom is -0.313 e. The van der Waals surface area contributed by atoms with Gasteiger partial charge in [-0.25, -0.2) is 0 Å². The average molecular weight is 239 g/mol. The van der Waals surface area contributed by atoms with Crippen LogP contribution in [0.25, 0.3) is 0 Å². The van der Waals surface area contributed by atoms with Crippen molar-refractivity contribution in [1.82, 2.24) is 15.1 Å². The van der Waals surface area contributed by atoms with Gasteiger partial charge in [0.2, 0.25) is 0 Å². The molecule has 0 radical (unpaired) electrons. The summed E-state index contributed by atoms with van der Waals surface area (Å²) in [7, 11) is 2.27. The van der Waals surface area contributed by atoms with E-state index in [0.29, 0.717) is 0 Å². The molecule has 2 aliphatic heterocycles. The Morgan fingerprint density at radius 3 is 2.76 bits per heavy atom. The Labute approximate surface area is 107 Å². The van der Waals surface area contributed by atoms with E-state index in [1.165, 1.54) is 64.8 Å². The first-order chi connectivity index (χ1) is 8.29. The third-order valence-electron chi connectivity index (χ3n) is 4.36. The maximum atomic E-state index is 3.69. The number of likely N-dealkylation sites (N-methyl/N-ethyl adjacent to an activating group) is 1. The molecule has 100 valence electrons. The van der Waals surface area contributed by atoms with Crippen LogP contribution in [-0.4, -0.2) is 61.7 Å². The van der Waals surface area contributed by atoms with E-state index in [9.17, 15) is 0 Å². The summed E-state index contributed by atoms with van der Waals surface area (Å²) in [6.45, 7) is 8.65. The normalized spacial score (nSPS) is 33.5. The molecular formula is C14H29N3. The predicted octanol–water partition coefficient (Wildman–Crippen LogP) is 1.54. The highest BCUT2D eigenvalue weighted by atomic mass is 15.2. The lowest BCUT2D eigenvalue weighted by Crippen LogP contribution is -2.48. The van der Waals surface area contributed by atoms with Gasteiger partial charge in [0.05, 0.1) is 0 Å². The first kappa shape index (κ1) is 13.3. The van der Waals surface area contributed by atoms with E-state index in [4.69, 9.17) is 0 Å². The van der Waals surface area contributed by atoms with E-state index < -0.39 is 0 Å². The van der Waals surface area contributed by atoms with Gasteiger partial charge in [-0.05, 0) is 52.4 Å². The molecule has 0 bridgehead atoms. The molecule has 0 aromatic heterocycles. The Balaban J connectivity index is 1.87. The lowest BCUT2D eigenvalue weighted by atomic mass is 10.0. The highest BCUT2D eigenvalue weighted by molar-refractivity contribution is 4.83. The van der Waals surface area contributed by atoms with Crippen LogP contribution in [0.5, 0.6) is 0 Å². The highest BCUT2D eigenvalue weighted by Crippen LogP contribution is 2.15. The zero-order valence-corrected chi connectivity index (χ0v) is 11.6. The number of hydrogen-bond acceptors (Lipinski definition) is 3. The Morgan fingerprint density at radius 2 is 2.06 bits per heavy atom. The lowest BCUT2D eigenvalue weighted by Gasteiger charge is -2.35. The van der Waals surface area contributed by atoms with E-state index in [1.54, 1.807) is 0 Å². The molecule has 2 atom stereocenters. The molecule has 1 N–H and O–H groups in total. The maximum absolute atomic E-state index is 3.69. The van der Waals surface area contributed by atoms with Gasteiger partial charge in [-0.15, -0.1) is 0 Å². The Morgan fingerprint density at radius 1 is 1.18 bits per heavy atom. The molecule has 2 heterocycles. The van der Waals surface area contributed by atoms with Crippen molar-refractivity contribution in [3.05, 3.63) is 0 Å². The standard InChI is InChI=1S/C14H29N3/c1-3-14-12-16(2)9-6-10-17(14)11-13-7-4-5-8-15-13/h13-15H,3-12H2,1-2H3. The number of hydrogen-bond donors (Lipinski definition) is 1. The smallest absolute Gasteiger partial charge is 0.0221 e. The molecule has 17 heavy (non-hydrogen) atoms. The van der Waals surface area contributed by atoms with Gasteiger partial charge < -0.3 is 10.2 Å². The van der Waals surface area contributed by atoms with Gasteiger partial charge in [-0.1, -0.05) is 13.3 Å². The first-order valence-electron chi connectivity index (χ1n) is 7.45. The average Bonchev–Trinajstić information content (AvgIpc) is 2.52. The molecule has 2 aliphatic rings. The molecule has 2 rings (SSSR count). The molecule has 0 spiro atoms. The zero-order valence-electron chi connectivity index (χ0n) is 11.6. The Bertz CT molecular complexity index is 214. The molecule has 3 heteroatoms. The van der Waals surface area contributed by atoms with Crippen LogP contribution < -0.4 is 5.32 Å². The second kappa shape index (κ2) is 6.72. The SMILES string of the molecule is CCC1CN(C)CCCN1CC1CCCCN1. The summed E-state index contributed by atoms with van der Waals surface area (Å²) in [5.74, 6) is 0. The fraction of sp³-hybridized carbons (Fsp3) is 1.00. The summed E-state index contributed by atoms with van der Waals surface area (Å²) in [6, 6.07) is 1.52. The molecule has 2 unspecified atom stereocenters. The number of nitrogens with zero attached hydrogens (tertiary/aromatic N) is 2. The summed E-state index contributed by atoms with van der Waals surface area (Å²) in [5, 5.41) is 3.69. The van der Waals surface area contributed by atoms with Crippen LogP contribution in [0.1, 0.15) is 39.0 Å². The molecule has 0 saturated carbocycles. The van der Waals surface area contributed by atoms with Gasteiger partial charge in [-0.3, -0.25) is 4.90 Å². The van der Waals surface area contributed by atoms with Crippen molar-refractivity contribution >= 4 is 0 Å². The largest absolute Gasteiger partial charge is 0.313 e. The maximum Gasteiger partial charge on any atom is 0.0221 e. The van der Waals surface area contributed by atoms with Crippen molar-refractivity contribution < 1.29 is 0 Å². The fourth-order valence-corrected chi connectivity index (χ4v) is 3.28. The molecule has 0 aromatic carbocycles. The van der Waals surface area contributed by atoms with Crippen LogP contribution in [0.3, 0.4) is 0 Å². The fourth-order valence-electron chi connectivity index (χ4n) is 3.28. The molecule has 2 fully saturated rings. The van der Waals surface area contributed by atoms with Crippen molar-refractivity contribution in [2.45, 2.75) is 51.1 Å². The van der Waals surface area contributed by atoms with Gasteiger partial charge >= 0.3 is 0 Å². The predicted molar refractivity (Wildman–Crippen MR) is 73.4 cm³/mol. The molecule has 0 amide bonds. The van der Waals surface area contributed by atoms with Crippen molar-refractivity contribution in [3.63, 3.8) is 0 Å². The molecule has 0 aliphatic carbocycles. The van der Waals surface area contributed by atoms with Crippen LogP contribution in [0.2, 0.25) is 0 Å². The molecule has 0 aromatic rings. The van der Waals surface area contributed by atoms with Crippen LogP contribution >= 0.6 is 0 Å². The molecular weight excluding hydrogens is 210 g/mol. The van der Waals surface area contributed by atoms with E-state index in [0.717, 1.165) is 12.1 Å². The number of piperidine rings is 1. The summed E-state index contributed by atoms with van der Waals surface area (Å²) in [4.78, 5) is 5.24. The monoisotopic (exact) mass is 239 g/mol. The van der Waals surface area contributed by atoms with E-state index in [2.05, 4.69) is 29.1 Å². The van der Waals surface area contributed by atoms with Gasteiger partial charge in [-0.2, -0.15) is 0 Å². The number of nitrogens with one attached hydrogen (secondary N) is 1. The molecule has 3 nitrogen and oxygen atoms in total. The van der Waals surface area contributed by atoms with E-state index in [1.807, 2.05) is 0 Å². The minimum absolute atomic E-state index is 0.751. The Hall–Kier alpha value is -0.120. The van der Waals surface area contributed by atoms with Gasteiger partial charge in [0, 0.05) is 25.2 Å². The summed E-state index contributed by atoms with van der Waals surface area (Å²) in [6.07, 6.45) is 6.79. The van der Waals surface area contributed by atoms with Crippen LogP contribution in [0.4, 0.5) is 0 Å². The van der Waals surface area contributed by atoms with Crippen molar-refractivity contribution in [3.8, 4) is 0 Å². The molecule has 2 saturated heterocycles. The second-order valence-corrected chi connectivity index (χ2v) is 5.82. The van der Waals surface area contributed by atoms with Gasteiger partial charge in [0.1, 0.15) is 0 Å². The summed E-state index contributed by atoms with van der Waals surface area (Å²) >= 11 is 0. The lowest BCUT2D eigenvalue weighted by molar-refractivity contribution is 0.158.